The summed E-state index contributed by atoms with van der Waals surface area (Å²) in [6.07, 6.45) is 30.6. The summed E-state index contributed by atoms with van der Waals surface area (Å²) < 4.78 is 5.73. The molecule has 1 atom stereocenters. The second-order valence-electron chi connectivity index (χ2n) is 12.2. The van der Waals surface area contributed by atoms with Crippen molar-refractivity contribution in [2.24, 2.45) is 11.8 Å². The van der Waals surface area contributed by atoms with Gasteiger partial charge in [-0.15, -0.1) is 0 Å². The molecule has 0 aliphatic rings. The zero-order valence-electron chi connectivity index (χ0n) is 25.9. The Balaban J connectivity index is 4.00. The van der Waals surface area contributed by atoms with Crippen LogP contribution in [0, 0.1) is 11.8 Å². The molecule has 0 spiro atoms. The summed E-state index contributed by atoms with van der Waals surface area (Å²) in [7, 11) is 0. The highest BCUT2D eigenvalue weighted by molar-refractivity contribution is 5.72. The highest BCUT2D eigenvalue weighted by Gasteiger charge is 2.19. The van der Waals surface area contributed by atoms with Crippen molar-refractivity contribution in [3.63, 3.8) is 0 Å². The third-order valence-corrected chi connectivity index (χ3v) is 7.85. The van der Waals surface area contributed by atoms with Crippen molar-refractivity contribution >= 4 is 11.9 Å². The van der Waals surface area contributed by atoms with E-state index in [0.29, 0.717) is 13.0 Å². The normalized spacial score (nSPS) is 12.2. The molecule has 0 amide bonds. The molecule has 4 nitrogen and oxygen atoms in total. The Morgan fingerprint density at radius 2 is 0.947 bits per heavy atom. The Morgan fingerprint density at radius 1 is 0.553 bits per heavy atom. The first-order valence-electron chi connectivity index (χ1n) is 16.9. The highest BCUT2D eigenvalue weighted by atomic mass is 16.5. The Morgan fingerprint density at radius 3 is 1.39 bits per heavy atom. The van der Waals surface area contributed by atoms with E-state index in [1.54, 1.807) is 0 Å². The van der Waals surface area contributed by atoms with E-state index in [0.717, 1.165) is 50.9 Å². The number of unbranched alkanes of at least 4 members (excludes halogenated alkanes) is 19. The summed E-state index contributed by atoms with van der Waals surface area (Å²) in [4.78, 5) is 23.4. The number of carbonyl (C=O) groups excluding carboxylic acids is 1. The average molecular weight is 539 g/mol. The van der Waals surface area contributed by atoms with Gasteiger partial charge in [0.25, 0.3) is 0 Å². The van der Waals surface area contributed by atoms with Crippen LogP contribution >= 0.6 is 0 Å². The Kier molecular flexibility index (Phi) is 28.1. The average Bonchev–Trinajstić information content (AvgIpc) is 2.88. The van der Waals surface area contributed by atoms with Crippen molar-refractivity contribution < 1.29 is 19.4 Å². The largest absolute Gasteiger partial charge is 0.481 e. The van der Waals surface area contributed by atoms with Crippen LogP contribution in [-0.2, 0) is 14.3 Å². The van der Waals surface area contributed by atoms with Crippen LogP contribution in [0.2, 0.25) is 0 Å². The van der Waals surface area contributed by atoms with Gasteiger partial charge in [0.1, 0.15) is 0 Å². The SMILES string of the molecule is CCCCCCCCCCC(CCCCCCCCCCCCCC(=O)O)C(=O)OCCCCCC(C)C. The highest BCUT2D eigenvalue weighted by Crippen LogP contribution is 2.21. The molecular formula is C34H66O4. The molecule has 0 radical (unpaired) electrons. The minimum atomic E-state index is -0.672. The lowest BCUT2D eigenvalue weighted by atomic mass is 9.94. The van der Waals surface area contributed by atoms with Crippen molar-refractivity contribution in [1.82, 2.24) is 0 Å². The summed E-state index contributed by atoms with van der Waals surface area (Å²) in [6.45, 7) is 7.41. The molecule has 0 heterocycles. The second kappa shape index (κ2) is 28.9. The number of hydrogen-bond donors (Lipinski definition) is 1. The molecule has 1 N–H and O–H groups in total. The van der Waals surface area contributed by atoms with E-state index in [2.05, 4.69) is 20.8 Å². The lowest BCUT2D eigenvalue weighted by Gasteiger charge is -2.16. The summed E-state index contributed by atoms with van der Waals surface area (Å²) in [5.41, 5.74) is 0. The van der Waals surface area contributed by atoms with E-state index in [1.165, 1.54) is 116 Å². The van der Waals surface area contributed by atoms with Crippen LogP contribution in [0.15, 0.2) is 0 Å². The third kappa shape index (κ3) is 28.0. The fourth-order valence-electron chi connectivity index (χ4n) is 5.28. The van der Waals surface area contributed by atoms with Crippen molar-refractivity contribution in [3.8, 4) is 0 Å². The van der Waals surface area contributed by atoms with E-state index in [4.69, 9.17) is 9.84 Å². The molecule has 4 heteroatoms. The number of hydrogen-bond acceptors (Lipinski definition) is 3. The van der Waals surface area contributed by atoms with Gasteiger partial charge < -0.3 is 9.84 Å². The van der Waals surface area contributed by atoms with Crippen LogP contribution in [0.4, 0.5) is 0 Å². The van der Waals surface area contributed by atoms with E-state index >= 15 is 0 Å². The first kappa shape index (κ1) is 36.9. The van der Waals surface area contributed by atoms with Gasteiger partial charge in [0.05, 0.1) is 12.5 Å². The maximum Gasteiger partial charge on any atom is 0.308 e. The van der Waals surface area contributed by atoms with E-state index in [9.17, 15) is 9.59 Å². The van der Waals surface area contributed by atoms with Crippen LogP contribution < -0.4 is 0 Å². The molecule has 0 aromatic rings. The molecular weight excluding hydrogens is 472 g/mol. The fraction of sp³-hybridized carbons (Fsp3) is 0.941. The van der Waals surface area contributed by atoms with E-state index < -0.39 is 5.97 Å². The molecule has 0 aliphatic carbocycles. The second-order valence-corrected chi connectivity index (χ2v) is 12.2. The molecule has 0 fully saturated rings. The number of esters is 1. The van der Waals surface area contributed by atoms with Gasteiger partial charge in [-0.3, -0.25) is 9.59 Å². The molecule has 38 heavy (non-hydrogen) atoms. The molecule has 0 bridgehead atoms. The van der Waals surface area contributed by atoms with Gasteiger partial charge in [-0.25, -0.2) is 0 Å². The summed E-state index contributed by atoms with van der Waals surface area (Å²) in [5, 5.41) is 8.67. The number of carboxylic acids is 1. The number of rotatable bonds is 30. The zero-order chi connectivity index (χ0) is 28.1. The number of carboxylic acid groups (broad SMARTS) is 1. The topological polar surface area (TPSA) is 63.6 Å². The van der Waals surface area contributed by atoms with Crippen LogP contribution in [0.5, 0.6) is 0 Å². The maximum absolute atomic E-state index is 12.8. The van der Waals surface area contributed by atoms with Gasteiger partial charge in [-0.2, -0.15) is 0 Å². The number of aliphatic carboxylic acids is 1. The molecule has 226 valence electrons. The van der Waals surface area contributed by atoms with Crippen molar-refractivity contribution in [3.05, 3.63) is 0 Å². The van der Waals surface area contributed by atoms with Crippen molar-refractivity contribution in [2.75, 3.05) is 6.61 Å². The molecule has 0 saturated heterocycles. The predicted octanol–water partition coefficient (Wildman–Crippen LogP) is 11.0. The quantitative estimate of drug-likeness (QED) is 0.0729. The van der Waals surface area contributed by atoms with Gasteiger partial charge >= 0.3 is 11.9 Å². The summed E-state index contributed by atoms with van der Waals surface area (Å²) >= 11 is 0. The van der Waals surface area contributed by atoms with Gasteiger partial charge in [-0.1, -0.05) is 156 Å². The minimum absolute atomic E-state index is 0.0696. The first-order valence-corrected chi connectivity index (χ1v) is 16.9. The Bertz CT molecular complexity index is 517. The molecule has 1 unspecified atom stereocenters. The van der Waals surface area contributed by atoms with Gasteiger partial charge in [0, 0.05) is 6.42 Å². The Hall–Kier alpha value is -1.06. The first-order chi connectivity index (χ1) is 18.5. The zero-order valence-corrected chi connectivity index (χ0v) is 25.9. The van der Waals surface area contributed by atoms with E-state index in [-0.39, 0.29) is 11.9 Å². The van der Waals surface area contributed by atoms with Gasteiger partial charge in [0.2, 0.25) is 0 Å². The number of ether oxygens (including phenoxy) is 1. The molecule has 0 aromatic carbocycles. The predicted molar refractivity (Wildman–Crippen MR) is 163 cm³/mol. The fourth-order valence-corrected chi connectivity index (χ4v) is 5.28. The molecule has 0 aromatic heterocycles. The standard InChI is InChI=1S/C34H66O4/c1-4-5-6-7-8-14-17-22-27-32(34(37)38-30-25-20-21-26-31(2)3)28-23-18-15-12-10-9-11-13-16-19-24-29-33(35)36/h31-32H,4-30H2,1-3H3,(H,35,36). The molecule has 0 rings (SSSR count). The van der Waals surface area contributed by atoms with Crippen molar-refractivity contribution in [2.45, 2.75) is 188 Å². The Labute approximate surface area is 237 Å². The van der Waals surface area contributed by atoms with Crippen LogP contribution in [0.25, 0.3) is 0 Å². The lowest BCUT2D eigenvalue weighted by Crippen LogP contribution is -2.18. The molecule has 0 saturated carbocycles. The third-order valence-electron chi connectivity index (χ3n) is 7.85. The maximum atomic E-state index is 12.8. The van der Waals surface area contributed by atoms with Gasteiger partial charge in [-0.05, 0) is 31.6 Å². The van der Waals surface area contributed by atoms with Crippen molar-refractivity contribution in [1.29, 1.82) is 0 Å². The lowest BCUT2D eigenvalue weighted by molar-refractivity contribution is -0.149. The van der Waals surface area contributed by atoms with Crippen LogP contribution in [0.1, 0.15) is 188 Å². The number of carbonyl (C=O) groups is 2. The smallest absolute Gasteiger partial charge is 0.308 e. The minimum Gasteiger partial charge on any atom is -0.481 e. The summed E-state index contributed by atoms with van der Waals surface area (Å²) in [6, 6.07) is 0. The van der Waals surface area contributed by atoms with Crippen LogP contribution in [-0.4, -0.2) is 23.7 Å². The van der Waals surface area contributed by atoms with Gasteiger partial charge in [0.15, 0.2) is 0 Å². The monoisotopic (exact) mass is 538 g/mol. The van der Waals surface area contributed by atoms with Crippen LogP contribution in [0.3, 0.4) is 0 Å². The summed E-state index contributed by atoms with van der Waals surface area (Å²) in [5.74, 6) is 0.261. The molecule has 0 aliphatic heterocycles. The van der Waals surface area contributed by atoms with E-state index in [1.807, 2.05) is 0 Å².